The summed E-state index contributed by atoms with van der Waals surface area (Å²) in [5.41, 5.74) is 1.45. The molecule has 1 fully saturated rings. The van der Waals surface area contributed by atoms with Crippen LogP contribution in [0, 0.1) is 0 Å². The zero-order chi connectivity index (χ0) is 18.1. The van der Waals surface area contributed by atoms with Crippen molar-refractivity contribution in [1.82, 2.24) is 24.1 Å². The molecule has 0 aliphatic carbocycles. The molecule has 138 valence electrons. The third-order valence-corrected chi connectivity index (χ3v) is 5.37. The summed E-state index contributed by atoms with van der Waals surface area (Å²) in [5, 5.41) is 4.53. The molecule has 7 heteroatoms. The summed E-state index contributed by atoms with van der Waals surface area (Å²) in [7, 11) is 0. The molecule has 4 rings (SSSR count). The number of hydrogen-bond donors (Lipinski definition) is 0. The van der Waals surface area contributed by atoms with Crippen molar-refractivity contribution >= 4 is 11.8 Å². The summed E-state index contributed by atoms with van der Waals surface area (Å²) in [4.78, 5) is 29.3. The smallest absolute Gasteiger partial charge is 0.274 e. The third kappa shape index (κ3) is 3.13. The van der Waals surface area contributed by atoms with Crippen molar-refractivity contribution in [3.8, 4) is 0 Å². The number of fused-ring (bicyclic) bond motifs is 1. The van der Waals surface area contributed by atoms with Gasteiger partial charge in [-0.25, -0.2) is 0 Å². The van der Waals surface area contributed by atoms with Crippen LogP contribution in [0.3, 0.4) is 0 Å². The second-order valence-corrected chi connectivity index (χ2v) is 7.16. The molecule has 0 aromatic carbocycles. The average molecular weight is 355 g/mol. The van der Waals surface area contributed by atoms with Crippen LogP contribution in [0.1, 0.15) is 48.4 Å². The number of carbonyl (C=O) groups excluding carboxylic acids is 2. The van der Waals surface area contributed by atoms with Crippen molar-refractivity contribution < 1.29 is 9.59 Å². The molecule has 2 aromatic heterocycles. The highest BCUT2D eigenvalue weighted by Gasteiger charge is 2.27. The lowest BCUT2D eigenvalue weighted by atomic mass is 10.2. The zero-order valence-corrected chi connectivity index (χ0v) is 15.2. The molecule has 0 bridgehead atoms. The van der Waals surface area contributed by atoms with E-state index in [0.717, 1.165) is 44.6 Å². The second kappa shape index (κ2) is 6.97. The molecule has 0 N–H and O–H groups in total. The SMILES string of the molecule is CC(C(=O)N1CCCn2nc(C(=O)N3CCCC3)cc2C1)n1cccc1. The Balaban J connectivity index is 1.51. The highest BCUT2D eigenvalue weighted by Crippen LogP contribution is 2.20. The minimum atomic E-state index is -0.231. The van der Waals surface area contributed by atoms with E-state index in [2.05, 4.69) is 5.10 Å². The number of aromatic nitrogens is 3. The lowest BCUT2D eigenvalue weighted by molar-refractivity contribution is -0.134. The molecule has 0 radical (unpaired) electrons. The second-order valence-electron chi connectivity index (χ2n) is 7.16. The Kier molecular flexibility index (Phi) is 4.53. The molecule has 2 aliphatic heterocycles. The quantitative estimate of drug-likeness (QED) is 0.845. The van der Waals surface area contributed by atoms with Crippen molar-refractivity contribution in [2.45, 2.75) is 45.3 Å². The van der Waals surface area contributed by atoms with Crippen LogP contribution in [0.4, 0.5) is 0 Å². The van der Waals surface area contributed by atoms with Crippen LogP contribution in [0.15, 0.2) is 30.6 Å². The van der Waals surface area contributed by atoms with E-state index < -0.39 is 0 Å². The van der Waals surface area contributed by atoms with E-state index in [1.54, 1.807) is 0 Å². The van der Waals surface area contributed by atoms with Crippen LogP contribution in [-0.4, -0.2) is 55.6 Å². The molecular weight excluding hydrogens is 330 g/mol. The fraction of sp³-hybridized carbons (Fsp3) is 0.526. The molecule has 2 amide bonds. The van der Waals surface area contributed by atoms with Gasteiger partial charge in [0.2, 0.25) is 5.91 Å². The van der Waals surface area contributed by atoms with Gasteiger partial charge in [0.1, 0.15) is 6.04 Å². The number of nitrogens with zero attached hydrogens (tertiary/aromatic N) is 5. The van der Waals surface area contributed by atoms with Crippen molar-refractivity contribution in [3.05, 3.63) is 42.0 Å². The highest BCUT2D eigenvalue weighted by atomic mass is 16.2. The maximum Gasteiger partial charge on any atom is 0.274 e. The number of hydrogen-bond acceptors (Lipinski definition) is 3. The van der Waals surface area contributed by atoms with Crippen LogP contribution in [0.25, 0.3) is 0 Å². The van der Waals surface area contributed by atoms with E-state index in [1.807, 2.05) is 56.6 Å². The van der Waals surface area contributed by atoms with E-state index in [4.69, 9.17) is 0 Å². The topological polar surface area (TPSA) is 63.4 Å². The minimum Gasteiger partial charge on any atom is -0.342 e. The lowest BCUT2D eigenvalue weighted by Crippen LogP contribution is -2.35. The first-order valence-electron chi connectivity index (χ1n) is 9.41. The van der Waals surface area contributed by atoms with Gasteiger partial charge in [-0.15, -0.1) is 0 Å². The van der Waals surface area contributed by atoms with Crippen molar-refractivity contribution in [1.29, 1.82) is 0 Å². The molecule has 1 atom stereocenters. The molecule has 2 aliphatic rings. The number of carbonyl (C=O) groups is 2. The van der Waals surface area contributed by atoms with Gasteiger partial charge in [-0.1, -0.05) is 0 Å². The monoisotopic (exact) mass is 355 g/mol. The first-order valence-corrected chi connectivity index (χ1v) is 9.41. The summed E-state index contributed by atoms with van der Waals surface area (Å²) in [6.07, 6.45) is 6.81. The largest absolute Gasteiger partial charge is 0.342 e. The Morgan fingerprint density at radius 2 is 1.69 bits per heavy atom. The van der Waals surface area contributed by atoms with Crippen molar-refractivity contribution in [2.75, 3.05) is 19.6 Å². The Hall–Kier alpha value is -2.57. The molecule has 26 heavy (non-hydrogen) atoms. The van der Waals surface area contributed by atoms with Gasteiger partial charge >= 0.3 is 0 Å². The number of aryl methyl sites for hydroxylation is 1. The summed E-state index contributed by atoms with van der Waals surface area (Å²) in [6.45, 7) is 5.52. The first-order chi connectivity index (χ1) is 12.6. The van der Waals surface area contributed by atoms with E-state index >= 15 is 0 Å². The maximum absolute atomic E-state index is 12.9. The zero-order valence-electron chi connectivity index (χ0n) is 15.2. The molecule has 0 saturated carbocycles. The van der Waals surface area contributed by atoms with Gasteiger partial charge < -0.3 is 14.4 Å². The normalized spacial score (nSPS) is 18.5. The fourth-order valence-electron chi connectivity index (χ4n) is 3.83. The molecular formula is C19H25N5O2. The van der Waals surface area contributed by atoms with Crippen LogP contribution >= 0.6 is 0 Å². The Labute approximate surface area is 153 Å². The van der Waals surface area contributed by atoms with Crippen molar-refractivity contribution in [3.63, 3.8) is 0 Å². The maximum atomic E-state index is 12.9. The minimum absolute atomic E-state index is 0.0154. The summed E-state index contributed by atoms with van der Waals surface area (Å²) < 4.78 is 3.82. The highest BCUT2D eigenvalue weighted by molar-refractivity contribution is 5.92. The average Bonchev–Trinajstić information content (AvgIpc) is 3.40. The molecule has 1 unspecified atom stereocenters. The Morgan fingerprint density at radius 3 is 2.42 bits per heavy atom. The summed E-state index contributed by atoms with van der Waals surface area (Å²) in [6, 6.07) is 5.49. The van der Waals surface area contributed by atoms with Gasteiger partial charge in [0, 0.05) is 38.6 Å². The molecule has 2 aromatic rings. The van der Waals surface area contributed by atoms with E-state index in [9.17, 15) is 9.59 Å². The Bertz CT molecular complexity index is 789. The fourth-order valence-corrected chi connectivity index (χ4v) is 3.83. The van der Waals surface area contributed by atoms with Gasteiger partial charge in [0.05, 0.1) is 12.2 Å². The standard InChI is InChI=1S/C19H25N5O2/c1-15(21-7-2-3-8-21)18(25)23-11-6-12-24-16(14-23)13-17(20-24)19(26)22-9-4-5-10-22/h2-3,7-8,13,15H,4-6,9-12,14H2,1H3. The van der Waals surface area contributed by atoms with E-state index in [0.29, 0.717) is 18.8 Å². The molecule has 0 spiro atoms. The first kappa shape index (κ1) is 16.9. The van der Waals surface area contributed by atoms with Crippen LogP contribution < -0.4 is 0 Å². The molecule has 1 saturated heterocycles. The van der Waals surface area contributed by atoms with Gasteiger partial charge in [-0.3, -0.25) is 14.3 Å². The van der Waals surface area contributed by atoms with Gasteiger partial charge in [-0.05, 0) is 44.4 Å². The predicted molar refractivity (Wildman–Crippen MR) is 96.5 cm³/mol. The van der Waals surface area contributed by atoms with Gasteiger partial charge in [0.15, 0.2) is 5.69 Å². The number of likely N-dealkylation sites (tertiary alicyclic amines) is 1. The van der Waals surface area contributed by atoms with E-state index in [1.165, 1.54) is 0 Å². The predicted octanol–water partition coefficient (Wildman–Crippen LogP) is 1.91. The van der Waals surface area contributed by atoms with Crippen LogP contribution in [0.2, 0.25) is 0 Å². The summed E-state index contributed by atoms with van der Waals surface area (Å²) in [5.74, 6) is 0.116. The van der Waals surface area contributed by atoms with Gasteiger partial charge in [0.25, 0.3) is 5.91 Å². The number of rotatable bonds is 3. The molecule has 7 nitrogen and oxygen atoms in total. The third-order valence-electron chi connectivity index (χ3n) is 5.37. The van der Waals surface area contributed by atoms with Crippen LogP contribution in [0.5, 0.6) is 0 Å². The molecule has 4 heterocycles. The number of amides is 2. The van der Waals surface area contributed by atoms with E-state index in [-0.39, 0.29) is 17.9 Å². The lowest BCUT2D eigenvalue weighted by Gasteiger charge is -2.24. The van der Waals surface area contributed by atoms with Crippen molar-refractivity contribution in [2.24, 2.45) is 0 Å². The Morgan fingerprint density at radius 1 is 1.00 bits per heavy atom. The summed E-state index contributed by atoms with van der Waals surface area (Å²) >= 11 is 0. The van der Waals surface area contributed by atoms with Crippen LogP contribution in [-0.2, 0) is 17.9 Å². The van der Waals surface area contributed by atoms with Gasteiger partial charge in [-0.2, -0.15) is 5.10 Å².